The quantitative estimate of drug-likeness (QED) is 0.382. The maximum absolute atomic E-state index is 12.7. The van der Waals surface area contributed by atoms with Gasteiger partial charge in [-0.05, 0) is 60.4 Å². The molecule has 0 unspecified atom stereocenters. The Kier molecular flexibility index (Phi) is 4.81. The van der Waals surface area contributed by atoms with Gasteiger partial charge in [-0.1, -0.05) is 36.1 Å². The molecule has 2 heterocycles. The number of aromatic nitrogens is 2. The molecule has 0 aliphatic carbocycles. The number of alkyl halides is 3. The molecule has 2 aromatic heterocycles. The Morgan fingerprint density at radius 2 is 1.34 bits per heavy atom. The number of rotatable bonds is 0. The smallest absolute Gasteiger partial charge is 0.292 e. The first kappa shape index (κ1) is 18.4. The van der Waals surface area contributed by atoms with Gasteiger partial charge in [-0.25, -0.2) is 4.98 Å². The van der Waals surface area contributed by atoms with Gasteiger partial charge in [0.25, 0.3) is 0 Å². The summed E-state index contributed by atoms with van der Waals surface area (Å²) in [5.41, 5.74) is 1.95. The molecular formula is C24H13F3N2. The summed E-state index contributed by atoms with van der Waals surface area (Å²) in [5.74, 6) is 12.5. The summed E-state index contributed by atoms with van der Waals surface area (Å²) in [6, 6.07) is 19.9. The van der Waals surface area contributed by atoms with E-state index < -0.39 is 11.7 Å². The third kappa shape index (κ3) is 4.15. The molecule has 2 nitrogen and oxygen atoms in total. The first-order valence-corrected chi connectivity index (χ1v) is 8.74. The monoisotopic (exact) mass is 386 g/mol. The Morgan fingerprint density at radius 3 is 2.07 bits per heavy atom. The second-order valence-electron chi connectivity index (χ2n) is 6.18. The molecule has 4 aromatic rings. The minimum atomic E-state index is -4.36. The van der Waals surface area contributed by atoms with Crippen molar-refractivity contribution in [3.05, 3.63) is 107 Å². The van der Waals surface area contributed by atoms with Crippen LogP contribution in [0.5, 0.6) is 0 Å². The van der Waals surface area contributed by atoms with E-state index in [0.29, 0.717) is 17.1 Å². The van der Waals surface area contributed by atoms with Crippen LogP contribution in [0.25, 0.3) is 5.52 Å². The van der Waals surface area contributed by atoms with E-state index >= 15 is 0 Å². The van der Waals surface area contributed by atoms with E-state index in [-0.39, 0.29) is 0 Å². The van der Waals surface area contributed by atoms with E-state index in [9.17, 15) is 13.2 Å². The van der Waals surface area contributed by atoms with E-state index in [4.69, 9.17) is 0 Å². The lowest BCUT2D eigenvalue weighted by Crippen LogP contribution is -2.04. The van der Waals surface area contributed by atoms with Gasteiger partial charge in [0.15, 0.2) is 5.82 Å². The zero-order chi connectivity index (χ0) is 20.3. The molecule has 0 aliphatic rings. The molecule has 5 heteroatoms. The van der Waals surface area contributed by atoms with Gasteiger partial charge in [-0.2, -0.15) is 13.2 Å². The van der Waals surface area contributed by atoms with E-state index in [1.54, 1.807) is 0 Å². The molecule has 0 fully saturated rings. The van der Waals surface area contributed by atoms with Crippen LogP contribution in [0.15, 0.2) is 79.0 Å². The Balaban J connectivity index is 1.69. The Morgan fingerprint density at radius 1 is 0.690 bits per heavy atom. The Hall–Kier alpha value is -3.96. The molecule has 0 bridgehead atoms. The maximum Gasteiger partial charge on any atom is 0.416 e. The maximum atomic E-state index is 12.7. The average molecular weight is 386 g/mol. The van der Waals surface area contributed by atoms with Crippen LogP contribution in [-0.2, 0) is 6.18 Å². The van der Waals surface area contributed by atoms with Crippen molar-refractivity contribution in [1.29, 1.82) is 0 Å². The summed E-state index contributed by atoms with van der Waals surface area (Å²) in [6.07, 6.45) is -2.51. The number of hydrogen-bond donors (Lipinski definition) is 0. The summed E-state index contributed by atoms with van der Waals surface area (Å²) in [4.78, 5) is 4.51. The molecule has 0 spiro atoms. The molecule has 0 radical (unpaired) electrons. The van der Waals surface area contributed by atoms with Gasteiger partial charge in [0.2, 0.25) is 0 Å². The highest BCUT2D eigenvalue weighted by Gasteiger charge is 2.29. The topological polar surface area (TPSA) is 17.3 Å². The van der Waals surface area contributed by atoms with Crippen LogP contribution in [-0.4, -0.2) is 9.38 Å². The highest BCUT2D eigenvalue weighted by atomic mass is 19.4. The minimum absolute atomic E-state index is 0.479. The predicted octanol–water partition coefficient (Wildman–Crippen LogP) is 5.15. The van der Waals surface area contributed by atoms with Crippen molar-refractivity contribution >= 4 is 5.52 Å². The standard InChI is InChI=1S/C24H13F3N2/c25-24(26,27)20-13-9-19(10-14-20)11-15-21-22-8-4-5-17-29(22)23(28-21)16-12-18-6-2-1-3-7-18/h1-10,13-14,17H. The van der Waals surface area contributed by atoms with Crippen LogP contribution in [0.4, 0.5) is 13.2 Å². The van der Waals surface area contributed by atoms with Crippen molar-refractivity contribution in [2.45, 2.75) is 6.18 Å². The number of benzene rings is 2. The molecular weight excluding hydrogens is 373 g/mol. The van der Waals surface area contributed by atoms with Crippen LogP contribution < -0.4 is 0 Å². The summed E-state index contributed by atoms with van der Waals surface area (Å²) >= 11 is 0. The Bertz CT molecular complexity index is 1280. The van der Waals surface area contributed by atoms with Crippen molar-refractivity contribution < 1.29 is 13.2 Å². The lowest BCUT2D eigenvalue weighted by molar-refractivity contribution is -0.137. The summed E-state index contributed by atoms with van der Waals surface area (Å²) < 4.78 is 39.9. The minimum Gasteiger partial charge on any atom is -0.292 e. The Labute approximate surface area is 165 Å². The highest BCUT2D eigenvalue weighted by Crippen LogP contribution is 2.29. The van der Waals surface area contributed by atoms with Gasteiger partial charge >= 0.3 is 6.18 Å². The molecule has 0 amide bonds. The van der Waals surface area contributed by atoms with Gasteiger partial charge < -0.3 is 0 Å². The van der Waals surface area contributed by atoms with E-state index in [1.165, 1.54) is 12.1 Å². The number of fused-ring (bicyclic) bond motifs is 1. The second kappa shape index (κ2) is 7.58. The lowest BCUT2D eigenvalue weighted by atomic mass is 10.1. The van der Waals surface area contributed by atoms with Crippen LogP contribution >= 0.6 is 0 Å². The van der Waals surface area contributed by atoms with Gasteiger partial charge in [-0.15, -0.1) is 0 Å². The molecule has 4 rings (SSSR count). The van der Waals surface area contributed by atoms with Crippen molar-refractivity contribution in [3.63, 3.8) is 0 Å². The van der Waals surface area contributed by atoms with Crippen LogP contribution in [0.2, 0.25) is 0 Å². The first-order chi connectivity index (χ1) is 14.0. The fourth-order valence-corrected chi connectivity index (χ4v) is 2.74. The first-order valence-electron chi connectivity index (χ1n) is 8.74. The van der Waals surface area contributed by atoms with E-state index in [1.807, 2.05) is 59.1 Å². The fraction of sp³-hybridized carbons (Fsp3) is 0.0417. The van der Waals surface area contributed by atoms with Crippen LogP contribution in [0.3, 0.4) is 0 Å². The largest absolute Gasteiger partial charge is 0.416 e. The van der Waals surface area contributed by atoms with Crippen LogP contribution in [0, 0.1) is 23.7 Å². The average Bonchev–Trinajstić information content (AvgIpc) is 3.09. The molecule has 0 aliphatic heterocycles. The van der Waals surface area contributed by atoms with Crippen molar-refractivity contribution in [3.8, 4) is 23.7 Å². The van der Waals surface area contributed by atoms with Crippen molar-refractivity contribution in [2.75, 3.05) is 0 Å². The third-order valence-electron chi connectivity index (χ3n) is 4.18. The molecule has 0 atom stereocenters. The predicted molar refractivity (Wildman–Crippen MR) is 105 cm³/mol. The van der Waals surface area contributed by atoms with E-state index in [2.05, 4.69) is 28.7 Å². The number of halogens is 3. The van der Waals surface area contributed by atoms with Gasteiger partial charge in [-0.3, -0.25) is 4.40 Å². The molecule has 0 saturated carbocycles. The van der Waals surface area contributed by atoms with Gasteiger partial charge in [0.05, 0.1) is 11.1 Å². The molecule has 2 aromatic carbocycles. The summed E-state index contributed by atoms with van der Waals surface area (Å²) in [6.45, 7) is 0. The number of nitrogens with zero attached hydrogens (tertiary/aromatic N) is 2. The van der Waals surface area contributed by atoms with Crippen molar-refractivity contribution in [2.24, 2.45) is 0 Å². The van der Waals surface area contributed by atoms with Crippen LogP contribution in [0.1, 0.15) is 28.2 Å². The van der Waals surface area contributed by atoms with Gasteiger partial charge in [0.1, 0.15) is 5.69 Å². The lowest BCUT2D eigenvalue weighted by Gasteiger charge is -2.05. The van der Waals surface area contributed by atoms with Gasteiger partial charge in [0, 0.05) is 17.3 Å². The third-order valence-corrected chi connectivity index (χ3v) is 4.18. The zero-order valence-electron chi connectivity index (χ0n) is 15.0. The van der Waals surface area contributed by atoms with E-state index in [0.717, 1.165) is 23.2 Å². The molecule has 29 heavy (non-hydrogen) atoms. The normalized spacial score (nSPS) is 10.7. The summed E-state index contributed by atoms with van der Waals surface area (Å²) in [5, 5.41) is 0. The molecule has 0 N–H and O–H groups in total. The number of pyridine rings is 1. The van der Waals surface area contributed by atoms with Crippen molar-refractivity contribution in [1.82, 2.24) is 9.38 Å². The number of hydrogen-bond acceptors (Lipinski definition) is 1. The SMILES string of the molecule is FC(F)(F)c1ccc(C#Cc2nc(C#Cc3ccccc3)n3ccccc23)cc1. The fourth-order valence-electron chi connectivity index (χ4n) is 2.74. The number of imidazole rings is 1. The second-order valence-corrected chi connectivity index (χ2v) is 6.18. The molecule has 140 valence electrons. The zero-order valence-corrected chi connectivity index (χ0v) is 15.0. The molecule has 0 saturated heterocycles. The highest BCUT2D eigenvalue weighted by molar-refractivity contribution is 5.63. The summed E-state index contributed by atoms with van der Waals surface area (Å²) in [7, 11) is 0.